The van der Waals surface area contributed by atoms with Crippen molar-refractivity contribution in [3.8, 4) is 5.75 Å². The minimum Gasteiger partial charge on any atom is -0.508 e. The minimum atomic E-state index is -0.485. The summed E-state index contributed by atoms with van der Waals surface area (Å²) in [6, 6.07) is 13.2. The van der Waals surface area contributed by atoms with Crippen LogP contribution in [0.25, 0.3) is 6.08 Å². The van der Waals surface area contributed by atoms with E-state index in [-0.39, 0.29) is 16.0 Å². The molecular formula is C17H11BrN2O3S2. The monoisotopic (exact) mass is 434 g/mol. The number of thioether (sulfide) groups is 1. The second-order valence-corrected chi connectivity index (χ2v) is 7.65. The number of halogens is 1. The van der Waals surface area contributed by atoms with Crippen molar-refractivity contribution in [3.63, 3.8) is 0 Å². The van der Waals surface area contributed by atoms with Crippen LogP contribution in [0.2, 0.25) is 0 Å². The molecule has 8 heteroatoms. The third-order valence-corrected chi connectivity index (χ3v) is 5.14. The molecule has 2 N–H and O–H groups in total. The van der Waals surface area contributed by atoms with Crippen LogP contribution in [0.5, 0.6) is 5.75 Å². The van der Waals surface area contributed by atoms with E-state index < -0.39 is 5.91 Å². The Morgan fingerprint density at radius 3 is 2.44 bits per heavy atom. The highest BCUT2D eigenvalue weighted by Crippen LogP contribution is 2.31. The van der Waals surface area contributed by atoms with Crippen LogP contribution in [0, 0.1) is 0 Å². The fourth-order valence-electron chi connectivity index (χ4n) is 2.05. The van der Waals surface area contributed by atoms with Crippen molar-refractivity contribution in [3.05, 3.63) is 69.0 Å². The summed E-state index contributed by atoms with van der Waals surface area (Å²) in [5.41, 5.74) is 3.66. The van der Waals surface area contributed by atoms with Crippen molar-refractivity contribution in [1.29, 1.82) is 0 Å². The molecular weight excluding hydrogens is 424 g/mol. The van der Waals surface area contributed by atoms with Crippen molar-refractivity contribution < 1.29 is 14.7 Å². The van der Waals surface area contributed by atoms with Crippen LogP contribution in [0.1, 0.15) is 15.9 Å². The number of hydrogen-bond acceptors (Lipinski definition) is 5. The zero-order chi connectivity index (χ0) is 18.0. The van der Waals surface area contributed by atoms with Crippen LogP contribution in [-0.2, 0) is 4.79 Å². The first-order valence-electron chi connectivity index (χ1n) is 7.07. The Bertz CT molecular complexity index is 880. The van der Waals surface area contributed by atoms with Gasteiger partial charge >= 0.3 is 0 Å². The van der Waals surface area contributed by atoms with Gasteiger partial charge in [-0.15, -0.1) is 0 Å². The number of carbonyl (C=O) groups excluding carboxylic acids is 2. The Balaban J connectivity index is 1.76. The zero-order valence-electron chi connectivity index (χ0n) is 12.6. The van der Waals surface area contributed by atoms with E-state index in [1.807, 2.05) is 24.3 Å². The number of rotatable bonds is 3. The molecule has 1 aliphatic rings. The molecule has 2 aromatic rings. The standard InChI is InChI=1S/C17H11BrN2O3S2/c18-12-5-1-10(2-6-12)9-14-16(23)20(17(24)25-14)19-15(22)11-3-7-13(21)8-4-11/h1-9,21H,(H,19,22). The average Bonchev–Trinajstić information content (AvgIpc) is 2.85. The molecule has 0 spiro atoms. The van der Waals surface area contributed by atoms with Crippen molar-refractivity contribution in [2.75, 3.05) is 0 Å². The number of phenols is 1. The lowest BCUT2D eigenvalue weighted by molar-refractivity contribution is -0.123. The second kappa shape index (κ2) is 7.38. The molecule has 0 bridgehead atoms. The maximum atomic E-state index is 12.5. The second-order valence-electron chi connectivity index (χ2n) is 5.06. The Labute approximate surface area is 161 Å². The highest BCUT2D eigenvalue weighted by Gasteiger charge is 2.33. The Kier molecular flexibility index (Phi) is 5.22. The highest BCUT2D eigenvalue weighted by atomic mass is 79.9. The van der Waals surface area contributed by atoms with Gasteiger partial charge in [0.05, 0.1) is 4.91 Å². The van der Waals surface area contributed by atoms with E-state index in [9.17, 15) is 14.7 Å². The van der Waals surface area contributed by atoms with Gasteiger partial charge in [0.1, 0.15) is 5.75 Å². The summed E-state index contributed by atoms with van der Waals surface area (Å²) in [6.07, 6.45) is 1.72. The molecule has 5 nitrogen and oxygen atoms in total. The van der Waals surface area contributed by atoms with E-state index in [0.29, 0.717) is 10.5 Å². The maximum absolute atomic E-state index is 12.5. The number of nitrogens with zero attached hydrogens (tertiary/aromatic N) is 1. The Morgan fingerprint density at radius 2 is 1.80 bits per heavy atom. The summed E-state index contributed by atoms with van der Waals surface area (Å²) in [5.74, 6) is -0.814. The molecule has 3 rings (SSSR count). The zero-order valence-corrected chi connectivity index (χ0v) is 15.8. The number of hydrogen-bond donors (Lipinski definition) is 2. The van der Waals surface area contributed by atoms with Gasteiger partial charge in [-0.3, -0.25) is 15.0 Å². The van der Waals surface area contributed by atoms with Crippen molar-refractivity contribution in [2.24, 2.45) is 0 Å². The normalized spacial score (nSPS) is 15.7. The van der Waals surface area contributed by atoms with Crippen molar-refractivity contribution in [2.45, 2.75) is 0 Å². The molecule has 25 heavy (non-hydrogen) atoms. The largest absolute Gasteiger partial charge is 0.508 e. The molecule has 0 unspecified atom stereocenters. The van der Waals surface area contributed by atoms with E-state index in [2.05, 4.69) is 21.4 Å². The number of benzene rings is 2. The topological polar surface area (TPSA) is 69.6 Å². The van der Waals surface area contributed by atoms with Gasteiger partial charge < -0.3 is 5.11 Å². The van der Waals surface area contributed by atoms with Gasteiger partial charge in [0.15, 0.2) is 4.32 Å². The molecule has 1 heterocycles. The van der Waals surface area contributed by atoms with Gasteiger partial charge in [0.2, 0.25) is 0 Å². The van der Waals surface area contributed by atoms with Gasteiger partial charge in [-0.05, 0) is 60.3 Å². The van der Waals surface area contributed by atoms with E-state index in [0.717, 1.165) is 26.8 Å². The fourth-order valence-corrected chi connectivity index (χ4v) is 3.50. The molecule has 2 aromatic carbocycles. The van der Waals surface area contributed by atoms with Crippen LogP contribution in [-0.4, -0.2) is 26.3 Å². The molecule has 0 atom stereocenters. The molecule has 0 aromatic heterocycles. The molecule has 0 aliphatic carbocycles. The van der Waals surface area contributed by atoms with E-state index in [1.54, 1.807) is 6.08 Å². The van der Waals surface area contributed by atoms with Crippen LogP contribution in [0.4, 0.5) is 0 Å². The number of hydrazine groups is 1. The minimum absolute atomic E-state index is 0.0552. The third-order valence-electron chi connectivity index (χ3n) is 3.30. The van der Waals surface area contributed by atoms with Gasteiger partial charge in [-0.2, -0.15) is 5.01 Å². The fraction of sp³-hybridized carbons (Fsp3) is 0. The first-order chi connectivity index (χ1) is 11.9. The van der Waals surface area contributed by atoms with Crippen LogP contribution >= 0.6 is 39.9 Å². The summed E-state index contributed by atoms with van der Waals surface area (Å²) in [6.45, 7) is 0. The summed E-state index contributed by atoms with van der Waals surface area (Å²) >= 11 is 9.67. The van der Waals surface area contributed by atoms with Crippen molar-refractivity contribution >= 4 is 62.1 Å². The predicted molar refractivity (Wildman–Crippen MR) is 105 cm³/mol. The number of carbonyl (C=O) groups is 2. The number of aromatic hydroxyl groups is 1. The molecule has 1 fully saturated rings. The molecule has 2 amide bonds. The number of amides is 2. The first-order valence-corrected chi connectivity index (χ1v) is 9.09. The van der Waals surface area contributed by atoms with E-state index >= 15 is 0 Å². The third kappa shape index (κ3) is 4.09. The van der Waals surface area contributed by atoms with Crippen LogP contribution < -0.4 is 5.43 Å². The smallest absolute Gasteiger partial charge is 0.285 e. The lowest BCUT2D eigenvalue weighted by atomic mass is 10.2. The lowest BCUT2D eigenvalue weighted by Gasteiger charge is -2.15. The number of phenolic OH excluding ortho intramolecular Hbond substituents is 1. The molecule has 126 valence electrons. The Morgan fingerprint density at radius 1 is 1.16 bits per heavy atom. The summed E-state index contributed by atoms with van der Waals surface area (Å²) in [4.78, 5) is 25.1. The van der Waals surface area contributed by atoms with E-state index in [1.165, 1.54) is 24.3 Å². The quantitative estimate of drug-likeness (QED) is 0.569. The lowest BCUT2D eigenvalue weighted by Crippen LogP contribution is -2.44. The van der Waals surface area contributed by atoms with Gasteiger partial charge in [-0.25, -0.2) is 0 Å². The van der Waals surface area contributed by atoms with Crippen molar-refractivity contribution in [1.82, 2.24) is 10.4 Å². The van der Waals surface area contributed by atoms with Gasteiger partial charge in [0.25, 0.3) is 11.8 Å². The molecule has 1 aliphatic heterocycles. The molecule has 0 saturated carbocycles. The maximum Gasteiger partial charge on any atom is 0.285 e. The SMILES string of the molecule is O=C(NN1C(=O)C(=Cc2ccc(Br)cc2)SC1=S)c1ccc(O)cc1. The van der Waals surface area contributed by atoms with Gasteiger partial charge in [0, 0.05) is 10.0 Å². The van der Waals surface area contributed by atoms with Crippen LogP contribution in [0.15, 0.2) is 57.9 Å². The summed E-state index contributed by atoms with van der Waals surface area (Å²) < 4.78 is 1.19. The first kappa shape index (κ1) is 17.7. The number of thiocarbonyl (C=S) groups is 1. The Hall–Kier alpha value is -2.16. The van der Waals surface area contributed by atoms with Gasteiger partial charge in [-0.1, -0.05) is 39.8 Å². The van der Waals surface area contributed by atoms with E-state index in [4.69, 9.17) is 12.2 Å². The molecule has 0 radical (unpaired) electrons. The van der Waals surface area contributed by atoms with Crippen LogP contribution in [0.3, 0.4) is 0 Å². The number of nitrogens with one attached hydrogen (secondary N) is 1. The summed E-state index contributed by atoms with van der Waals surface area (Å²) in [7, 11) is 0. The summed E-state index contributed by atoms with van der Waals surface area (Å²) in [5, 5.41) is 10.3. The molecule has 1 saturated heterocycles. The predicted octanol–water partition coefficient (Wildman–Crippen LogP) is 3.70. The highest BCUT2D eigenvalue weighted by molar-refractivity contribution is 9.10. The average molecular weight is 435 g/mol.